The minimum atomic E-state index is -1.74. The monoisotopic (exact) mass is 1370 g/mol. The number of nitrogens with two attached hydrogens (primary N) is 1. The van der Waals surface area contributed by atoms with Gasteiger partial charge in [0.2, 0.25) is 64.7 Å². The van der Waals surface area contributed by atoms with Gasteiger partial charge in [-0.2, -0.15) is 0 Å². The Morgan fingerprint density at radius 3 is 1.82 bits per heavy atom. The van der Waals surface area contributed by atoms with E-state index in [4.69, 9.17) is 5.73 Å². The van der Waals surface area contributed by atoms with Gasteiger partial charge >= 0.3 is 5.97 Å². The first-order valence-corrected chi connectivity index (χ1v) is 33.6. The van der Waals surface area contributed by atoms with Gasteiger partial charge in [0.15, 0.2) is 5.78 Å². The zero-order chi connectivity index (χ0) is 73.9. The van der Waals surface area contributed by atoms with E-state index in [2.05, 4.69) is 76.5 Å². The van der Waals surface area contributed by atoms with Crippen molar-refractivity contribution < 1.29 is 77.3 Å². The van der Waals surface area contributed by atoms with Crippen molar-refractivity contribution in [3.8, 4) is 29.4 Å². The molecule has 0 aliphatic carbocycles. The number of benzene rings is 2. The summed E-state index contributed by atoms with van der Waals surface area (Å²) in [6, 6.07) is 2.56. The number of hydrogen-bond donors (Lipinski definition) is 13. The topological polar surface area (TPSA) is 430 Å². The van der Waals surface area contributed by atoms with Crippen LogP contribution in [0.25, 0.3) is 10.9 Å². The number of para-hydroxylation sites is 1. The highest BCUT2D eigenvalue weighted by molar-refractivity contribution is 6.41. The predicted octanol–water partition coefficient (Wildman–Crippen LogP) is 2.86. The number of carboxylic acids is 1. The summed E-state index contributed by atoms with van der Waals surface area (Å²) in [6.45, 7) is 16.4. The van der Waals surface area contributed by atoms with Crippen LogP contribution in [0.1, 0.15) is 171 Å². The Labute approximate surface area is 578 Å². The van der Waals surface area contributed by atoms with Crippen molar-refractivity contribution in [2.45, 2.75) is 226 Å². The number of aliphatic carboxylic acids is 1. The number of phenols is 1. The fraction of sp³-hybridized carbons (Fsp3) is 0.556. The Morgan fingerprint density at radius 1 is 0.657 bits per heavy atom. The number of aromatic hydroxyl groups is 1. The molecule has 0 radical (unpaired) electrons. The number of phenolic OH excluding ortho intramolecular Hbond substituents is 1. The second-order valence-corrected chi connectivity index (χ2v) is 26.8. The molecule has 0 bridgehead atoms. The van der Waals surface area contributed by atoms with Crippen molar-refractivity contribution in [1.29, 1.82) is 0 Å². The van der Waals surface area contributed by atoms with Crippen LogP contribution in [0.15, 0.2) is 54.7 Å². The minimum absolute atomic E-state index is 0.0227. The molecule has 538 valence electrons. The predicted molar refractivity (Wildman–Crippen MR) is 368 cm³/mol. The number of carbonyl (C=O) groups is 14. The van der Waals surface area contributed by atoms with Gasteiger partial charge < -0.3 is 68.8 Å². The summed E-state index contributed by atoms with van der Waals surface area (Å²) in [5.41, 5.74) is 4.00. The smallest absolute Gasteiger partial charge is 0.303 e. The van der Waals surface area contributed by atoms with Crippen molar-refractivity contribution in [2.75, 3.05) is 6.54 Å². The molecule has 1 aliphatic rings. The van der Waals surface area contributed by atoms with Gasteiger partial charge in [-0.1, -0.05) is 76.3 Å². The van der Waals surface area contributed by atoms with Crippen molar-refractivity contribution in [3.63, 3.8) is 0 Å². The van der Waals surface area contributed by atoms with E-state index < -0.39 is 160 Å². The number of aromatic nitrogens is 1. The lowest BCUT2D eigenvalue weighted by Gasteiger charge is -2.33. The van der Waals surface area contributed by atoms with Crippen LogP contribution in [0.5, 0.6) is 5.75 Å². The quantitative estimate of drug-likeness (QED) is 0.0406. The molecule has 27 heteroatoms. The van der Waals surface area contributed by atoms with Gasteiger partial charge in [0.25, 0.3) is 0 Å². The number of fused-ring (bicyclic) bond motifs is 1. The van der Waals surface area contributed by atoms with Crippen LogP contribution in [0.2, 0.25) is 0 Å². The molecule has 12 atom stereocenters. The maximum Gasteiger partial charge on any atom is 0.303 e. The van der Waals surface area contributed by atoms with Crippen LogP contribution in [0.4, 0.5) is 0 Å². The lowest BCUT2D eigenvalue weighted by Crippen LogP contribution is -2.61. The van der Waals surface area contributed by atoms with E-state index in [0.717, 1.165) is 10.9 Å². The minimum Gasteiger partial charge on any atom is -0.508 e. The Balaban J connectivity index is 1.67. The second-order valence-electron chi connectivity index (χ2n) is 26.8. The van der Waals surface area contributed by atoms with E-state index in [1.54, 1.807) is 26.1 Å². The highest BCUT2D eigenvalue weighted by Gasteiger charge is 2.41. The molecule has 2 heterocycles. The molecule has 3 aromatic rings. The Hall–Kier alpha value is -9.76. The average Bonchev–Trinajstić information content (AvgIpc) is 1.82. The van der Waals surface area contributed by atoms with E-state index in [1.807, 2.05) is 32.0 Å². The van der Waals surface area contributed by atoms with Gasteiger partial charge in [0.1, 0.15) is 47.3 Å². The summed E-state index contributed by atoms with van der Waals surface area (Å²) < 4.78 is 0. The SMILES string of the molecule is CC(=O)C[C@]1(C)CCCCC#CC#CCCC[C@@](C)(C(=O)NC(C)C(=O)N[C@@H](C)C(=O)NC(C)C(=O)N[C@@H](C)C(=O)C(=O)[C@H](C)NC[C@H](C)C(N)=O)NC(=O)[C@H](CC(C)C)CCC(=O)[C@H](Cc2c[nH]c3ccccc23)NC(=O)C(Cc2ccc(O)cc2)NC(=O)[C@H](CCC(=O)O)NC1=O. The van der Waals surface area contributed by atoms with Gasteiger partial charge in [0.05, 0.1) is 23.5 Å². The fourth-order valence-electron chi connectivity index (χ4n) is 11.2. The van der Waals surface area contributed by atoms with Crippen molar-refractivity contribution in [1.82, 2.24) is 52.8 Å². The van der Waals surface area contributed by atoms with Gasteiger partial charge in [-0.15, -0.1) is 0 Å². The molecular weight excluding hydrogens is 1270 g/mol. The van der Waals surface area contributed by atoms with E-state index in [0.29, 0.717) is 30.4 Å². The molecule has 1 aromatic heterocycles. The molecule has 1 aliphatic heterocycles. The number of carbonyl (C=O) groups excluding carboxylic acids is 13. The average molecular weight is 1370 g/mol. The summed E-state index contributed by atoms with van der Waals surface area (Å²) in [5.74, 6) is -1.10. The molecule has 14 N–H and O–H groups in total. The number of H-pyrrole nitrogens is 1. The molecule has 0 saturated heterocycles. The molecule has 99 heavy (non-hydrogen) atoms. The van der Waals surface area contributed by atoms with Crippen LogP contribution in [-0.2, 0) is 80.0 Å². The van der Waals surface area contributed by atoms with Crippen molar-refractivity contribution in [3.05, 3.63) is 65.9 Å². The maximum atomic E-state index is 15.0. The molecule has 0 spiro atoms. The molecule has 0 saturated carbocycles. The van der Waals surface area contributed by atoms with Crippen molar-refractivity contribution >= 4 is 93.2 Å². The molecule has 9 amide bonds. The van der Waals surface area contributed by atoms with Gasteiger partial charge in [0, 0.05) is 80.4 Å². The third-order valence-electron chi connectivity index (χ3n) is 17.4. The number of Topliss-reactive ketones (excluding diaryl/α,β-unsaturated/α-hetero) is 4. The number of rotatable bonds is 26. The van der Waals surface area contributed by atoms with Crippen LogP contribution in [0.3, 0.4) is 0 Å². The number of ketones is 4. The third kappa shape index (κ3) is 26.5. The first kappa shape index (κ1) is 81.7. The fourth-order valence-corrected chi connectivity index (χ4v) is 11.2. The summed E-state index contributed by atoms with van der Waals surface area (Å²) in [5, 5.41) is 44.6. The zero-order valence-electron chi connectivity index (χ0n) is 58.5. The first-order chi connectivity index (χ1) is 46.5. The largest absolute Gasteiger partial charge is 0.508 e. The highest BCUT2D eigenvalue weighted by Crippen LogP contribution is 2.31. The summed E-state index contributed by atoms with van der Waals surface area (Å²) in [7, 11) is 0. The number of primary amides is 1. The van der Waals surface area contributed by atoms with E-state index >= 15 is 0 Å². The maximum absolute atomic E-state index is 15.0. The Morgan fingerprint density at radius 2 is 1.22 bits per heavy atom. The zero-order valence-corrected chi connectivity index (χ0v) is 58.5. The van der Waals surface area contributed by atoms with Gasteiger partial charge in [-0.05, 0) is 140 Å². The van der Waals surface area contributed by atoms with E-state index in [9.17, 15) is 77.3 Å². The lowest BCUT2D eigenvalue weighted by molar-refractivity contribution is -0.140. The van der Waals surface area contributed by atoms with E-state index in [1.165, 1.54) is 72.7 Å². The first-order valence-electron chi connectivity index (χ1n) is 33.6. The van der Waals surface area contributed by atoms with Crippen LogP contribution in [0, 0.1) is 46.9 Å². The standard InChI is InChI=1S/C72H99N11O16/c1-41(2)35-50-27-31-58(86)56(37-51-40-75-54-24-20-19-23-53(51)54)80-68(97)57(36-49-25-28-52(85)29-26-49)81-67(96)55(30-32-59(87)88)82-69(98)71(10,38-43(4)84)33-21-17-15-13-12-14-16-18-22-34-72(11,83-66(50)95)70(99)79-48(9)65(94)78-47(8)64(93)77-46(7)63(92)76-45(6)61(90)60(89)44(5)74-39-42(3)62(73)91/h19-20,23-26,28-29,40-42,44-48,50,55-57,74-75,85H,15,17-18,21-22,27,30-39H2,1-11H3,(H2,73,91)(H,76,92)(H,77,93)(H,78,94)(H,79,99)(H,80,97)(H,81,96)(H,82,98)(H,83,95)(H,87,88)/t42-,44-,45-,46?,47-,48?,50-,55-,56-,57?,71-,72-/m0/s1. The normalized spacial score (nSPS) is 22.1. The molecule has 4 rings (SSSR count). The summed E-state index contributed by atoms with van der Waals surface area (Å²) >= 11 is 0. The van der Waals surface area contributed by atoms with E-state index in [-0.39, 0.29) is 88.2 Å². The number of carboxylic acid groups (broad SMARTS) is 1. The molecule has 27 nitrogen and oxygen atoms in total. The van der Waals surface area contributed by atoms with Crippen LogP contribution >= 0.6 is 0 Å². The highest BCUT2D eigenvalue weighted by atomic mass is 16.4. The van der Waals surface area contributed by atoms with Gasteiger partial charge in [-0.3, -0.25) is 67.1 Å². The molecule has 3 unspecified atom stereocenters. The van der Waals surface area contributed by atoms with Crippen molar-refractivity contribution in [2.24, 2.45) is 28.9 Å². The third-order valence-corrected chi connectivity index (χ3v) is 17.4. The molecule has 0 fully saturated rings. The second kappa shape index (κ2) is 39.0. The molecule has 2 aromatic carbocycles. The van der Waals surface area contributed by atoms with Crippen LogP contribution in [-0.4, -0.2) is 158 Å². The lowest BCUT2D eigenvalue weighted by atomic mass is 9.79. The number of nitrogens with one attached hydrogen (secondary N) is 10. The number of amides is 9. The Bertz CT molecular complexity index is 3560. The molecular formula is C72H99N11O16. The summed E-state index contributed by atoms with van der Waals surface area (Å²) in [6.07, 6.45) is 1.84. The van der Waals surface area contributed by atoms with Crippen LogP contribution < -0.4 is 53.6 Å². The number of hydrogen-bond acceptors (Lipinski definition) is 16. The van der Waals surface area contributed by atoms with Gasteiger partial charge in [-0.25, -0.2) is 0 Å². The number of aromatic amines is 1. The summed E-state index contributed by atoms with van der Waals surface area (Å²) in [4.78, 5) is 194. The Kier molecular flexibility index (Phi) is 32.2.